The molecule has 2 aromatic carbocycles. The number of para-hydroxylation sites is 1. The fourth-order valence-electron chi connectivity index (χ4n) is 2.41. The molecule has 0 saturated carbocycles. The van der Waals surface area contributed by atoms with Crippen LogP contribution in [0.1, 0.15) is 17.5 Å². The number of hydrogen-bond donors (Lipinski definition) is 1. The molecule has 0 aliphatic rings. The van der Waals surface area contributed by atoms with Crippen LogP contribution in [0.4, 0.5) is 18.9 Å². The van der Waals surface area contributed by atoms with Gasteiger partial charge >= 0.3 is 6.18 Å². The average molecular weight is 394 g/mol. The van der Waals surface area contributed by atoms with E-state index in [0.717, 1.165) is 22.6 Å². The Morgan fingerprint density at radius 2 is 1.71 bits per heavy atom. The monoisotopic (exact) mass is 394 g/mol. The number of amides is 2. The van der Waals surface area contributed by atoms with Gasteiger partial charge < -0.3 is 15.0 Å². The van der Waals surface area contributed by atoms with Gasteiger partial charge in [-0.15, -0.1) is 0 Å². The molecule has 0 radical (unpaired) electrons. The summed E-state index contributed by atoms with van der Waals surface area (Å²) < 4.78 is 44.3. The third-order valence-electron chi connectivity index (χ3n) is 3.92. The van der Waals surface area contributed by atoms with Crippen LogP contribution in [0.3, 0.4) is 0 Å². The Labute approximate surface area is 161 Å². The predicted molar refractivity (Wildman–Crippen MR) is 99.0 cm³/mol. The molecule has 0 saturated heterocycles. The van der Waals surface area contributed by atoms with Crippen LogP contribution in [0.2, 0.25) is 0 Å². The number of nitrogens with zero attached hydrogens (tertiary/aromatic N) is 1. The van der Waals surface area contributed by atoms with Gasteiger partial charge in [0.25, 0.3) is 0 Å². The Balaban J connectivity index is 1.83. The molecule has 0 aromatic heterocycles. The van der Waals surface area contributed by atoms with Crippen LogP contribution in [-0.2, 0) is 15.8 Å². The number of aryl methyl sites for hydroxylation is 1. The molecule has 2 aromatic rings. The van der Waals surface area contributed by atoms with Gasteiger partial charge in [0.1, 0.15) is 5.75 Å². The highest BCUT2D eigenvalue weighted by molar-refractivity contribution is 5.95. The normalized spacial score (nSPS) is 11.0. The largest absolute Gasteiger partial charge is 0.493 e. The van der Waals surface area contributed by atoms with Crippen molar-refractivity contribution >= 4 is 17.5 Å². The maximum Gasteiger partial charge on any atom is 0.418 e. The smallest absolute Gasteiger partial charge is 0.418 e. The number of halogens is 3. The number of carbonyl (C=O) groups excluding carboxylic acids is 2. The molecule has 8 heteroatoms. The summed E-state index contributed by atoms with van der Waals surface area (Å²) in [5.74, 6) is -0.444. The highest BCUT2D eigenvalue weighted by Crippen LogP contribution is 2.34. The SMILES string of the molecule is Cc1ccc(OCCC(=O)N(C)CC(=O)Nc2ccccc2C(F)(F)F)cc1. The lowest BCUT2D eigenvalue weighted by molar-refractivity contribution is -0.137. The first kappa shape index (κ1) is 21.3. The molecular weight excluding hydrogens is 373 g/mol. The second-order valence-corrected chi connectivity index (χ2v) is 6.25. The van der Waals surface area contributed by atoms with Gasteiger partial charge in [-0.25, -0.2) is 0 Å². The fourth-order valence-corrected chi connectivity index (χ4v) is 2.41. The van der Waals surface area contributed by atoms with Gasteiger partial charge in [0.15, 0.2) is 0 Å². The van der Waals surface area contributed by atoms with Crippen LogP contribution in [0.25, 0.3) is 0 Å². The lowest BCUT2D eigenvalue weighted by atomic mass is 10.1. The summed E-state index contributed by atoms with van der Waals surface area (Å²) in [4.78, 5) is 25.3. The molecule has 0 fully saturated rings. The summed E-state index contributed by atoms with van der Waals surface area (Å²) in [5.41, 5.74) is -0.200. The summed E-state index contributed by atoms with van der Waals surface area (Å²) in [6.07, 6.45) is -4.55. The first-order valence-corrected chi connectivity index (χ1v) is 8.56. The van der Waals surface area contributed by atoms with Crippen LogP contribution < -0.4 is 10.1 Å². The number of carbonyl (C=O) groups is 2. The zero-order chi connectivity index (χ0) is 20.7. The van der Waals surface area contributed by atoms with E-state index in [9.17, 15) is 22.8 Å². The molecule has 0 unspecified atom stereocenters. The highest BCUT2D eigenvalue weighted by Gasteiger charge is 2.33. The summed E-state index contributed by atoms with van der Waals surface area (Å²) >= 11 is 0. The molecule has 2 rings (SSSR count). The number of benzene rings is 2. The third kappa shape index (κ3) is 6.29. The van der Waals surface area contributed by atoms with Crippen molar-refractivity contribution < 1.29 is 27.5 Å². The maximum absolute atomic E-state index is 13.0. The van der Waals surface area contributed by atoms with Gasteiger partial charge in [0, 0.05) is 7.05 Å². The van der Waals surface area contributed by atoms with E-state index in [1.165, 1.54) is 19.2 Å². The minimum atomic E-state index is -4.58. The Morgan fingerprint density at radius 3 is 2.36 bits per heavy atom. The second-order valence-electron chi connectivity index (χ2n) is 6.25. The lowest BCUT2D eigenvalue weighted by Crippen LogP contribution is -2.35. The third-order valence-corrected chi connectivity index (χ3v) is 3.92. The van der Waals surface area contributed by atoms with Crippen molar-refractivity contribution in [1.82, 2.24) is 4.90 Å². The minimum absolute atomic E-state index is 0.0385. The Morgan fingerprint density at radius 1 is 1.07 bits per heavy atom. The first-order chi connectivity index (χ1) is 13.2. The van der Waals surface area contributed by atoms with Crippen LogP contribution in [0.15, 0.2) is 48.5 Å². The molecule has 1 N–H and O–H groups in total. The van der Waals surface area contributed by atoms with Crippen molar-refractivity contribution in [3.8, 4) is 5.75 Å². The number of ether oxygens (including phenoxy) is 1. The van der Waals surface area contributed by atoms with E-state index in [2.05, 4.69) is 5.32 Å². The number of nitrogens with one attached hydrogen (secondary N) is 1. The molecular formula is C20H21F3N2O3. The van der Waals surface area contributed by atoms with Crippen LogP contribution in [-0.4, -0.2) is 36.9 Å². The van der Waals surface area contributed by atoms with E-state index in [1.807, 2.05) is 19.1 Å². The van der Waals surface area contributed by atoms with Crippen molar-refractivity contribution in [2.24, 2.45) is 0 Å². The van der Waals surface area contributed by atoms with Crippen LogP contribution in [0, 0.1) is 6.92 Å². The van der Waals surface area contributed by atoms with Gasteiger partial charge in [-0.1, -0.05) is 29.8 Å². The van der Waals surface area contributed by atoms with E-state index in [0.29, 0.717) is 5.75 Å². The fraction of sp³-hybridized carbons (Fsp3) is 0.300. The van der Waals surface area contributed by atoms with Gasteiger partial charge in [-0.05, 0) is 31.2 Å². The molecule has 5 nitrogen and oxygen atoms in total. The average Bonchev–Trinajstić information content (AvgIpc) is 2.62. The van der Waals surface area contributed by atoms with E-state index in [4.69, 9.17) is 4.74 Å². The molecule has 0 aliphatic heterocycles. The van der Waals surface area contributed by atoms with E-state index >= 15 is 0 Å². The van der Waals surface area contributed by atoms with E-state index in [-0.39, 0.29) is 31.2 Å². The second kappa shape index (κ2) is 9.25. The topological polar surface area (TPSA) is 58.6 Å². The Hall–Kier alpha value is -3.03. The van der Waals surface area contributed by atoms with Crippen molar-refractivity contribution in [3.05, 3.63) is 59.7 Å². The van der Waals surface area contributed by atoms with Gasteiger partial charge in [-0.3, -0.25) is 9.59 Å². The van der Waals surface area contributed by atoms with Gasteiger partial charge in [0.05, 0.1) is 30.8 Å². The summed E-state index contributed by atoms with van der Waals surface area (Å²) in [7, 11) is 1.41. The van der Waals surface area contributed by atoms with Crippen molar-refractivity contribution in [2.45, 2.75) is 19.5 Å². The highest BCUT2D eigenvalue weighted by atomic mass is 19.4. The van der Waals surface area contributed by atoms with E-state index in [1.54, 1.807) is 12.1 Å². The molecule has 2 amide bonds. The zero-order valence-electron chi connectivity index (χ0n) is 15.5. The maximum atomic E-state index is 13.0. The minimum Gasteiger partial charge on any atom is -0.493 e. The van der Waals surface area contributed by atoms with Crippen molar-refractivity contribution in [3.63, 3.8) is 0 Å². The molecule has 0 atom stereocenters. The standard InChI is InChI=1S/C20H21F3N2O3/c1-14-7-9-15(10-8-14)28-12-11-19(27)25(2)13-18(26)24-17-6-4-3-5-16(17)20(21,22)23/h3-10H,11-13H2,1-2H3,(H,24,26). The molecule has 0 spiro atoms. The number of rotatable bonds is 7. The van der Waals surface area contributed by atoms with Crippen LogP contribution in [0.5, 0.6) is 5.75 Å². The van der Waals surface area contributed by atoms with Gasteiger partial charge in [0.2, 0.25) is 11.8 Å². The number of anilines is 1. The molecule has 150 valence electrons. The Bertz CT molecular complexity index is 820. The summed E-state index contributed by atoms with van der Waals surface area (Å²) in [6, 6.07) is 12.0. The summed E-state index contributed by atoms with van der Waals surface area (Å²) in [5, 5.41) is 2.21. The molecule has 0 aliphatic carbocycles. The van der Waals surface area contributed by atoms with Gasteiger partial charge in [-0.2, -0.15) is 13.2 Å². The molecule has 0 bridgehead atoms. The quantitative estimate of drug-likeness (QED) is 0.775. The Kier molecular flexibility index (Phi) is 7.03. The summed E-state index contributed by atoms with van der Waals surface area (Å²) in [6.45, 7) is 1.71. The van der Waals surface area contributed by atoms with Crippen molar-refractivity contribution in [1.29, 1.82) is 0 Å². The molecule has 0 heterocycles. The predicted octanol–water partition coefficient (Wildman–Crippen LogP) is 3.88. The number of hydrogen-bond acceptors (Lipinski definition) is 3. The number of alkyl halides is 3. The van der Waals surface area contributed by atoms with E-state index < -0.39 is 17.6 Å². The molecule has 28 heavy (non-hydrogen) atoms. The van der Waals surface area contributed by atoms with Crippen molar-refractivity contribution in [2.75, 3.05) is 25.5 Å². The zero-order valence-corrected chi connectivity index (χ0v) is 15.5. The number of likely N-dealkylation sites (N-methyl/N-ethyl adjacent to an activating group) is 1. The van der Waals surface area contributed by atoms with Crippen LogP contribution >= 0.6 is 0 Å². The first-order valence-electron chi connectivity index (χ1n) is 8.56. The lowest BCUT2D eigenvalue weighted by Gasteiger charge is -2.18.